The van der Waals surface area contributed by atoms with Crippen molar-refractivity contribution in [2.75, 3.05) is 13.7 Å². The number of methoxy groups -OCH3 is 1. The molecule has 2 aromatic carbocycles. The molecule has 2 N–H and O–H groups in total. The smallest absolute Gasteiger partial charge is 0.122 e. The normalized spacial score (nSPS) is 12.2. The lowest BCUT2D eigenvalue weighted by atomic mass is 9.91. The van der Waals surface area contributed by atoms with Crippen molar-refractivity contribution in [3.63, 3.8) is 0 Å². The largest absolute Gasteiger partial charge is 0.496 e. The average Bonchev–Trinajstić information content (AvgIpc) is 2.46. The van der Waals surface area contributed by atoms with Crippen molar-refractivity contribution >= 4 is 0 Å². The Morgan fingerprint density at radius 3 is 2.37 bits per heavy atom. The van der Waals surface area contributed by atoms with E-state index in [1.807, 2.05) is 18.2 Å². The van der Waals surface area contributed by atoms with Gasteiger partial charge in [-0.05, 0) is 37.1 Å². The molecule has 0 heterocycles. The number of para-hydroxylation sites is 1. The van der Waals surface area contributed by atoms with Crippen LogP contribution in [-0.2, 0) is 6.42 Å². The summed E-state index contributed by atoms with van der Waals surface area (Å²) in [5, 5.41) is 0. The van der Waals surface area contributed by atoms with Gasteiger partial charge in [0, 0.05) is 5.92 Å². The van der Waals surface area contributed by atoms with Crippen LogP contribution in [0, 0.1) is 6.92 Å². The first-order valence-electron chi connectivity index (χ1n) is 6.63. The average molecular weight is 255 g/mol. The molecule has 0 fully saturated rings. The fourth-order valence-electron chi connectivity index (χ4n) is 2.33. The van der Waals surface area contributed by atoms with Gasteiger partial charge in [-0.25, -0.2) is 0 Å². The van der Waals surface area contributed by atoms with Crippen LogP contribution in [0.5, 0.6) is 5.75 Å². The lowest BCUT2D eigenvalue weighted by Gasteiger charge is -2.18. The Hall–Kier alpha value is -1.80. The van der Waals surface area contributed by atoms with Gasteiger partial charge in [0.25, 0.3) is 0 Å². The summed E-state index contributed by atoms with van der Waals surface area (Å²) in [6.07, 6.45) is 0.942. The Balaban J connectivity index is 2.22. The first-order chi connectivity index (χ1) is 9.24. The topological polar surface area (TPSA) is 35.2 Å². The molecule has 100 valence electrons. The molecule has 0 aliphatic heterocycles. The summed E-state index contributed by atoms with van der Waals surface area (Å²) in [6, 6.07) is 16.8. The molecule has 0 saturated heterocycles. The minimum Gasteiger partial charge on any atom is -0.496 e. The van der Waals surface area contributed by atoms with Crippen LogP contribution in [0.3, 0.4) is 0 Å². The van der Waals surface area contributed by atoms with Crippen molar-refractivity contribution in [1.82, 2.24) is 0 Å². The maximum Gasteiger partial charge on any atom is 0.122 e. The molecule has 0 amide bonds. The summed E-state index contributed by atoms with van der Waals surface area (Å²) in [7, 11) is 1.71. The van der Waals surface area contributed by atoms with Gasteiger partial charge >= 0.3 is 0 Å². The van der Waals surface area contributed by atoms with Gasteiger partial charge in [-0.1, -0.05) is 48.0 Å². The summed E-state index contributed by atoms with van der Waals surface area (Å²) < 4.78 is 5.43. The van der Waals surface area contributed by atoms with E-state index in [2.05, 4.69) is 37.3 Å². The van der Waals surface area contributed by atoms with Crippen LogP contribution in [-0.4, -0.2) is 13.7 Å². The van der Waals surface area contributed by atoms with E-state index in [1.165, 1.54) is 16.7 Å². The standard InChI is InChI=1S/C17H21NO/c1-13-7-9-14(10-8-13)11-15(12-18)16-5-3-4-6-17(16)19-2/h3-10,15H,11-12,18H2,1-2H3. The van der Waals surface area contributed by atoms with E-state index >= 15 is 0 Å². The molecule has 2 heteroatoms. The summed E-state index contributed by atoms with van der Waals surface area (Å²) in [6.45, 7) is 2.72. The molecule has 0 spiro atoms. The summed E-state index contributed by atoms with van der Waals surface area (Å²) in [5.74, 6) is 1.21. The highest BCUT2D eigenvalue weighted by Gasteiger charge is 2.14. The lowest BCUT2D eigenvalue weighted by Crippen LogP contribution is -2.15. The molecule has 2 rings (SSSR count). The van der Waals surface area contributed by atoms with E-state index in [0.29, 0.717) is 12.5 Å². The molecule has 2 aromatic rings. The van der Waals surface area contributed by atoms with Crippen LogP contribution in [0.15, 0.2) is 48.5 Å². The van der Waals surface area contributed by atoms with Crippen molar-refractivity contribution in [2.24, 2.45) is 5.73 Å². The first-order valence-corrected chi connectivity index (χ1v) is 6.63. The Labute approximate surface area is 115 Å². The van der Waals surface area contributed by atoms with Gasteiger partial charge in [-0.2, -0.15) is 0 Å². The van der Waals surface area contributed by atoms with Gasteiger partial charge < -0.3 is 10.5 Å². The number of hydrogen-bond acceptors (Lipinski definition) is 2. The van der Waals surface area contributed by atoms with Gasteiger partial charge in [-0.3, -0.25) is 0 Å². The Kier molecular flexibility index (Phi) is 4.58. The fraction of sp³-hybridized carbons (Fsp3) is 0.294. The van der Waals surface area contributed by atoms with Gasteiger partial charge in [0.1, 0.15) is 5.75 Å². The minimum atomic E-state index is 0.291. The molecule has 2 nitrogen and oxygen atoms in total. The number of nitrogens with two attached hydrogens (primary N) is 1. The molecule has 19 heavy (non-hydrogen) atoms. The van der Waals surface area contributed by atoms with Crippen molar-refractivity contribution in [3.8, 4) is 5.75 Å². The Morgan fingerprint density at radius 2 is 1.74 bits per heavy atom. The van der Waals surface area contributed by atoms with E-state index in [-0.39, 0.29) is 0 Å². The van der Waals surface area contributed by atoms with Crippen molar-refractivity contribution in [1.29, 1.82) is 0 Å². The van der Waals surface area contributed by atoms with E-state index in [1.54, 1.807) is 7.11 Å². The van der Waals surface area contributed by atoms with Gasteiger partial charge in [0.05, 0.1) is 7.11 Å². The quantitative estimate of drug-likeness (QED) is 0.889. The zero-order valence-corrected chi connectivity index (χ0v) is 11.6. The van der Waals surface area contributed by atoms with Crippen LogP contribution in [0.25, 0.3) is 0 Å². The third-order valence-electron chi connectivity index (χ3n) is 3.47. The number of benzene rings is 2. The zero-order valence-electron chi connectivity index (χ0n) is 11.6. The molecular weight excluding hydrogens is 234 g/mol. The summed E-state index contributed by atoms with van der Waals surface area (Å²) >= 11 is 0. The van der Waals surface area contributed by atoms with E-state index < -0.39 is 0 Å². The molecular formula is C17H21NO. The third kappa shape index (κ3) is 3.36. The second-order valence-electron chi connectivity index (χ2n) is 4.86. The Bertz CT molecular complexity index is 519. The highest BCUT2D eigenvalue weighted by molar-refractivity contribution is 5.37. The van der Waals surface area contributed by atoms with E-state index in [0.717, 1.165) is 12.2 Å². The number of rotatable bonds is 5. The second-order valence-corrected chi connectivity index (χ2v) is 4.86. The molecule has 1 unspecified atom stereocenters. The monoisotopic (exact) mass is 255 g/mol. The van der Waals surface area contributed by atoms with Crippen LogP contribution in [0.4, 0.5) is 0 Å². The summed E-state index contributed by atoms with van der Waals surface area (Å²) in [4.78, 5) is 0. The van der Waals surface area contributed by atoms with E-state index in [9.17, 15) is 0 Å². The molecule has 0 aliphatic rings. The lowest BCUT2D eigenvalue weighted by molar-refractivity contribution is 0.405. The maximum absolute atomic E-state index is 5.95. The number of hydrogen-bond donors (Lipinski definition) is 1. The van der Waals surface area contributed by atoms with Gasteiger partial charge in [0.15, 0.2) is 0 Å². The van der Waals surface area contributed by atoms with E-state index in [4.69, 9.17) is 10.5 Å². The molecule has 0 saturated carbocycles. The molecule has 0 bridgehead atoms. The van der Waals surface area contributed by atoms with Crippen molar-refractivity contribution in [2.45, 2.75) is 19.3 Å². The summed E-state index contributed by atoms with van der Waals surface area (Å²) in [5.41, 5.74) is 9.73. The first kappa shape index (κ1) is 13.6. The molecule has 0 radical (unpaired) electrons. The van der Waals surface area contributed by atoms with Crippen LogP contribution in [0.2, 0.25) is 0 Å². The highest BCUT2D eigenvalue weighted by atomic mass is 16.5. The highest BCUT2D eigenvalue weighted by Crippen LogP contribution is 2.28. The van der Waals surface area contributed by atoms with Crippen LogP contribution < -0.4 is 10.5 Å². The predicted octanol–water partition coefficient (Wildman–Crippen LogP) is 3.29. The zero-order chi connectivity index (χ0) is 13.7. The van der Waals surface area contributed by atoms with Gasteiger partial charge in [0.2, 0.25) is 0 Å². The molecule has 0 aliphatic carbocycles. The van der Waals surface area contributed by atoms with Crippen molar-refractivity contribution < 1.29 is 4.74 Å². The maximum atomic E-state index is 5.95. The minimum absolute atomic E-state index is 0.291. The van der Waals surface area contributed by atoms with Gasteiger partial charge in [-0.15, -0.1) is 0 Å². The second kappa shape index (κ2) is 6.39. The molecule has 1 atom stereocenters. The van der Waals surface area contributed by atoms with Crippen LogP contribution >= 0.6 is 0 Å². The Morgan fingerprint density at radius 1 is 1.05 bits per heavy atom. The third-order valence-corrected chi connectivity index (χ3v) is 3.47. The van der Waals surface area contributed by atoms with Crippen LogP contribution in [0.1, 0.15) is 22.6 Å². The number of ether oxygens (including phenoxy) is 1. The molecule has 0 aromatic heterocycles. The fourth-order valence-corrected chi connectivity index (χ4v) is 2.33. The predicted molar refractivity (Wildman–Crippen MR) is 79.7 cm³/mol. The SMILES string of the molecule is COc1ccccc1C(CN)Cc1ccc(C)cc1. The number of aryl methyl sites for hydroxylation is 1. The van der Waals surface area contributed by atoms with Crippen molar-refractivity contribution in [3.05, 3.63) is 65.2 Å².